The summed E-state index contributed by atoms with van der Waals surface area (Å²) >= 11 is 0. The molecule has 0 radical (unpaired) electrons. The van der Waals surface area contributed by atoms with E-state index in [0.29, 0.717) is 19.3 Å². The van der Waals surface area contributed by atoms with Crippen LogP contribution in [0.25, 0.3) is 0 Å². The van der Waals surface area contributed by atoms with Gasteiger partial charge in [-0.1, -0.05) is 302 Å². The number of esters is 3. The van der Waals surface area contributed by atoms with Crippen molar-refractivity contribution >= 4 is 17.9 Å². The van der Waals surface area contributed by atoms with Gasteiger partial charge in [0.1, 0.15) is 13.2 Å². The van der Waals surface area contributed by atoms with Crippen LogP contribution in [0.15, 0.2) is 24.3 Å². The minimum Gasteiger partial charge on any atom is -0.462 e. The average molecular weight is 986 g/mol. The molecule has 6 heteroatoms. The Kier molecular flexibility index (Phi) is 57.7. The van der Waals surface area contributed by atoms with Crippen LogP contribution in [0.1, 0.15) is 348 Å². The summed E-state index contributed by atoms with van der Waals surface area (Å²) in [6, 6.07) is 0. The van der Waals surface area contributed by atoms with Crippen molar-refractivity contribution in [3.63, 3.8) is 0 Å². The molecule has 0 aliphatic heterocycles. The summed E-state index contributed by atoms with van der Waals surface area (Å²) in [5.41, 5.74) is 0. The second kappa shape index (κ2) is 59.5. The molecule has 0 aliphatic rings. The molecule has 0 bridgehead atoms. The lowest BCUT2D eigenvalue weighted by Crippen LogP contribution is -2.30. The van der Waals surface area contributed by atoms with E-state index in [4.69, 9.17) is 14.2 Å². The van der Waals surface area contributed by atoms with Gasteiger partial charge in [-0.25, -0.2) is 0 Å². The normalized spacial score (nSPS) is 12.1. The van der Waals surface area contributed by atoms with Crippen LogP contribution in [-0.4, -0.2) is 37.2 Å². The number of hydrogen-bond donors (Lipinski definition) is 0. The maximum absolute atomic E-state index is 12.9. The number of hydrogen-bond acceptors (Lipinski definition) is 6. The van der Waals surface area contributed by atoms with E-state index in [2.05, 4.69) is 45.1 Å². The third-order valence-electron chi connectivity index (χ3n) is 14.2. The fourth-order valence-corrected chi connectivity index (χ4v) is 9.48. The van der Waals surface area contributed by atoms with Gasteiger partial charge in [0.15, 0.2) is 6.10 Å². The molecule has 0 aromatic heterocycles. The Labute approximate surface area is 436 Å². The van der Waals surface area contributed by atoms with Crippen LogP contribution in [0.3, 0.4) is 0 Å². The molecule has 1 atom stereocenters. The number of unbranched alkanes of at least 4 members (excludes halogenated alkanes) is 43. The standard InChI is InChI=1S/C64H120O6/c1-4-7-10-13-16-19-22-25-28-31-32-34-36-39-42-45-48-51-54-57-63(66)69-60-61(59-68-62(65)56-53-50-47-44-41-38-35-30-27-24-21-18-15-12-9-6-3)70-64(67)58-55-52-49-46-43-40-37-33-29-26-23-20-17-14-11-8-5-2/h17,20,26,29,61H,4-16,18-19,21-25,27-28,30-60H2,1-3H3/b20-17+,29-26+/t61-/m1/s1. The molecule has 0 heterocycles. The fraction of sp³-hybridized carbons (Fsp3) is 0.891. The van der Waals surface area contributed by atoms with Crippen LogP contribution < -0.4 is 0 Å². The maximum atomic E-state index is 12.9. The van der Waals surface area contributed by atoms with Crippen molar-refractivity contribution < 1.29 is 28.6 Å². The summed E-state index contributed by atoms with van der Waals surface area (Å²) in [6.07, 6.45) is 70.3. The van der Waals surface area contributed by atoms with Crippen LogP contribution in [0.2, 0.25) is 0 Å². The highest BCUT2D eigenvalue weighted by Gasteiger charge is 2.19. The number of allylic oxidation sites excluding steroid dienone is 4. The van der Waals surface area contributed by atoms with Gasteiger partial charge in [-0.15, -0.1) is 0 Å². The third kappa shape index (κ3) is 56.8. The van der Waals surface area contributed by atoms with Gasteiger partial charge in [0.05, 0.1) is 0 Å². The van der Waals surface area contributed by atoms with Crippen molar-refractivity contribution in [3.05, 3.63) is 24.3 Å². The van der Waals surface area contributed by atoms with Gasteiger partial charge in [0.2, 0.25) is 0 Å². The van der Waals surface area contributed by atoms with Crippen molar-refractivity contribution in [1.29, 1.82) is 0 Å². The minimum absolute atomic E-state index is 0.0685. The Morgan fingerprint density at radius 1 is 0.286 bits per heavy atom. The molecule has 0 saturated heterocycles. The Morgan fingerprint density at radius 3 is 0.814 bits per heavy atom. The van der Waals surface area contributed by atoms with Gasteiger partial charge in [0.25, 0.3) is 0 Å². The Bertz CT molecular complexity index is 1130. The molecule has 0 N–H and O–H groups in total. The van der Waals surface area contributed by atoms with E-state index in [1.807, 2.05) is 0 Å². The molecule has 0 amide bonds. The topological polar surface area (TPSA) is 78.9 Å². The molecule has 0 rings (SSSR count). The smallest absolute Gasteiger partial charge is 0.306 e. The lowest BCUT2D eigenvalue weighted by atomic mass is 10.0. The third-order valence-corrected chi connectivity index (χ3v) is 14.2. The average Bonchev–Trinajstić information content (AvgIpc) is 3.36. The first-order chi connectivity index (χ1) is 34.5. The van der Waals surface area contributed by atoms with Gasteiger partial charge in [0, 0.05) is 19.3 Å². The number of carbonyl (C=O) groups excluding carboxylic acids is 3. The zero-order chi connectivity index (χ0) is 50.7. The minimum atomic E-state index is -0.771. The molecule has 70 heavy (non-hydrogen) atoms. The van der Waals surface area contributed by atoms with Crippen LogP contribution in [0, 0.1) is 0 Å². The SMILES string of the molecule is CCCCC/C=C/C/C=C/CCCCCCCCCC(=O)O[C@H](COC(=O)CCCCCCCCCCCCCCCCCC)COC(=O)CCCCCCCCCCCCCCCCCCCCC. The van der Waals surface area contributed by atoms with E-state index >= 15 is 0 Å². The van der Waals surface area contributed by atoms with Gasteiger partial charge >= 0.3 is 17.9 Å². The van der Waals surface area contributed by atoms with E-state index in [9.17, 15) is 14.4 Å². The highest BCUT2D eigenvalue weighted by molar-refractivity contribution is 5.71. The molecular weight excluding hydrogens is 865 g/mol. The summed E-state index contributed by atoms with van der Waals surface area (Å²) in [6.45, 7) is 6.68. The molecule has 6 nitrogen and oxygen atoms in total. The highest BCUT2D eigenvalue weighted by Crippen LogP contribution is 2.18. The van der Waals surface area contributed by atoms with Gasteiger partial charge < -0.3 is 14.2 Å². The van der Waals surface area contributed by atoms with E-state index in [-0.39, 0.29) is 31.1 Å². The Morgan fingerprint density at radius 2 is 0.514 bits per heavy atom. The zero-order valence-electron chi connectivity index (χ0n) is 47.3. The quantitative estimate of drug-likeness (QED) is 0.0261. The predicted molar refractivity (Wildman–Crippen MR) is 303 cm³/mol. The van der Waals surface area contributed by atoms with Gasteiger partial charge in [-0.3, -0.25) is 14.4 Å². The van der Waals surface area contributed by atoms with Crippen LogP contribution >= 0.6 is 0 Å². The Balaban J connectivity index is 4.32. The van der Waals surface area contributed by atoms with E-state index < -0.39 is 6.10 Å². The van der Waals surface area contributed by atoms with E-state index in [1.165, 1.54) is 238 Å². The van der Waals surface area contributed by atoms with Crippen molar-refractivity contribution in [1.82, 2.24) is 0 Å². The van der Waals surface area contributed by atoms with Crippen LogP contribution in [0.5, 0.6) is 0 Å². The molecule has 412 valence electrons. The summed E-state index contributed by atoms with van der Waals surface area (Å²) in [5, 5.41) is 0. The fourth-order valence-electron chi connectivity index (χ4n) is 9.48. The summed E-state index contributed by atoms with van der Waals surface area (Å²) in [7, 11) is 0. The second-order valence-electron chi connectivity index (χ2n) is 21.3. The molecular formula is C64H120O6. The summed E-state index contributed by atoms with van der Waals surface area (Å²) in [5.74, 6) is -0.849. The van der Waals surface area contributed by atoms with Crippen molar-refractivity contribution in [2.75, 3.05) is 13.2 Å². The molecule has 0 aromatic carbocycles. The van der Waals surface area contributed by atoms with Gasteiger partial charge in [-0.05, 0) is 51.4 Å². The number of ether oxygens (including phenoxy) is 3. The lowest BCUT2D eigenvalue weighted by Gasteiger charge is -2.18. The Hall–Kier alpha value is -2.11. The molecule has 0 spiro atoms. The van der Waals surface area contributed by atoms with E-state index in [1.54, 1.807) is 0 Å². The summed E-state index contributed by atoms with van der Waals surface area (Å²) < 4.78 is 16.9. The maximum Gasteiger partial charge on any atom is 0.306 e. The number of carbonyl (C=O) groups is 3. The second-order valence-corrected chi connectivity index (χ2v) is 21.3. The lowest BCUT2D eigenvalue weighted by molar-refractivity contribution is -0.167. The molecule has 0 fully saturated rings. The van der Waals surface area contributed by atoms with Crippen LogP contribution in [0.4, 0.5) is 0 Å². The van der Waals surface area contributed by atoms with Gasteiger partial charge in [-0.2, -0.15) is 0 Å². The molecule has 0 aromatic rings. The number of rotatable bonds is 58. The highest BCUT2D eigenvalue weighted by atomic mass is 16.6. The monoisotopic (exact) mass is 985 g/mol. The van der Waals surface area contributed by atoms with Crippen LogP contribution in [-0.2, 0) is 28.6 Å². The van der Waals surface area contributed by atoms with Crippen molar-refractivity contribution in [2.24, 2.45) is 0 Å². The predicted octanol–water partition coefficient (Wildman–Crippen LogP) is 21.1. The summed E-state index contributed by atoms with van der Waals surface area (Å²) in [4.78, 5) is 38.3. The first kappa shape index (κ1) is 67.9. The molecule has 0 unspecified atom stereocenters. The first-order valence-corrected chi connectivity index (χ1v) is 31.3. The molecule has 0 aliphatic carbocycles. The first-order valence-electron chi connectivity index (χ1n) is 31.3. The van der Waals surface area contributed by atoms with Crippen molar-refractivity contribution in [3.8, 4) is 0 Å². The molecule has 0 saturated carbocycles. The largest absolute Gasteiger partial charge is 0.462 e. The zero-order valence-corrected chi connectivity index (χ0v) is 47.3. The van der Waals surface area contributed by atoms with Crippen molar-refractivity contribution in [2.45, 2.75) is 354 Å². The van der Waals surface area contributed by atoms with E-state index in [0.717, 1.165) is 70.6 Å².